The topological polar surface area (TPSA) is 63.7 Å². The van der Waals surface area contributed by atoms with Crippen molar-refractivity contribution in [1.82, 2.24) is 4.90 Å². The molecule has 0 spiro atoms. The average Bonchev–Trinajstić information content (AvgIpc) is 2.61. The third-order valence-corrected chi connectivity index (χ3v) is 6.96. The van der Waals surface area contributed by atoms with E-state index in [1.165, 1.54) is 5.56 Å². The number of hydrogen-bond acceptors (Lipinski definition) is 4. The molecule has 2 aliphatic heterocycles. The van der Waals surface area contributed by atoms with Crippen LogP contribution in [0.25, 0.3) is 0 Å². The number of nitrogens with zero attached hydrogens (tertiary/aromatic N) is 1. The predicted molar refractivity (Wildman–Crippen MR) is 97.4 cm³/mol. The lowest BCUT2D eigenvalue weighted by Gasteiger charge is -2.35. The molecule has 1 unspecified atom stereocenters. The van der Waals surface area contributed by atoms with Crippen molar-refractivity contribution in [3.05, 3.63) is 29.8 Å². The molecule has 2 saturated heterocycles. The number of ether oxygens (including phenoxy) is 1. The van der Waals surface area contributed by atoms with Gasteiger partial charge in [-0.3, -0.25) is 4.79 Å². The van der Waals surface area contributed by atoms with Gasteiger partial charge in [0.05, 0.1) is 18.1 Å². The standard InChI is InChI=1S/C19H27NO4S/c1-15-4-6-18(7-5-15)24-14-16-3-2-10-20(13-16)19(21)17-8-11-25(22,23)12-9-17/h4-7,16-17H,2-3,8-14H2,1H3. The van der Waals surface area contributed by atoms with Crippen LogP contribution < -0.4 is 4.74 Å². The van der Waals surface area contributed by atoms with Gasteiger partial charge < -0.3 is 9.64 Å². The Hall–Kier alpha value is -1.56. The second-order valence-corrected chi connectivity index (χ2v) is 9.65. The molecule has 3 rings (SSSR count). The predicted octanol–water partition coefficient (Wildman–Crippen LogP) is 2.44. The Kier molecular flexibility index (Phi) is 5.67. The van der Waals surface area contributed by atoms with Gasteiger partial charge in [-0.25, -0.2) is 8.42 Å². The Morgan fingerprint density at radius 2 is 1.84 bits per heavy atom. The molecular weight excluding hydrogens is 338 g/mol. The van der Waals surface area contributed by atoms with Crippen LogP contribution in [0.15, 0.2) is 24.3 Å². The van der Waals surface area contributed by atoms with Gasteiger partial charge in [0.2, 0.25) is 5.91 Å². The molecule has 2 fully saturated rings. The first-order chi connectivity index (χ1) is 11.9. The van der Waals surface area contributed by atoms with E-state index in [1.54, 1.807) is 0 Å². The summed E-state index contributed by atoms with van der Waals surface area (Å²) >= 11 is 0. The third-order valence-electron chi connectivity index (χ3n) is 5.24. The number of amides is 1. The highest BCUT2D eigenvalue weighted by Gasteiger charge is 2.33. The van der Waals surface area contributed by atoms with Crippen LogP contribution in [0.2, 0.25) is 0 Å². The monoisotopic (exact) mass is 365 g/mol. The van der Waals surface area contributed by atoms with Gasteiger partial charge in [-0.15, -0.1) is 0 Å². The Morgan fingerprint density at radius 1 is 1.16 bits per heavy atom. The molecule has 1 atom stereocenters. The van der Waals surface area contributed by atoms with Crippen molar-refractivity contribution >= 4 is 15.7 Å². The van der Waals surface area contributed by atoms with Crippen molar-refractivity contribution in [2.75, 3.05) is 31.2 Å². The molecule has 0 N–H and O–H groups in total. The minimum absolute atomic E-state index is 0.125. The van der Waals surface area contributed by atoms with E-state index >= 15 is 0 Å². The number of sulfone groups is 1. The van der Waals surface area contributed by atoms with E-state index in [9.17, 15) is 13.2 Å². The van der Waals surface area contributed by atoms with Crippen molar-refractivity contribution in [1.29, 1.82) is 0 Å². The summed E-state index contributed by atoms with van der Waals surface area (Å²) in [6.45, 7) is 4.16. The van der Waals surface area contributed by atoms with Crippen LogP contribution in [0.4, 0.5) is 0 Å². The largest absolute Gasteiger partial charge is 0.493 e. The minimum atomic E-state index is -2.92. The summed E-state index contributed by atoms with van der Waals surface area (Å²) in [5, 5.41) is 0. The van der Waals surface area contributed by atoms with Gasteiger partial charge in [-0.05, 0) is 44.7 Å². The Bertz CT molecular complexity index is 685. The number of likely N-dealkylation sites (tertiary alicyclic amines) is 1. The van der Waals surface area contributed by atoms with Crippen molar-refractivity contribution in [3.63, 3.8) is 0 Å². The molecule has 2 aliphatic rings. The maximum absolute atomic E-state index is 12.7. The Balaban J connectivity index is 1.50. The van der Waals surface area contributed by atoms with Gasteiger partial charge in [0.25, 0.3) is 0 Å². The van der Waals surface area contributed by atoms with Crippen molar-refractivity contribution < 1.29 is 17.9 Å². The third kappa shape index (κ3) is 4.97. The first-order valence-electron chi connectivity index (χ1n) is 9.11. The van der Waals surface area contributed by atoms with Crippen LogP contribution in [-0.4, -0.2) is 50.4 Å². The number of hydrogen-bond donors (Lipinski definition) is 0. The molecule has 6 heteroatoms. The molecule has 1 aromatic carbocycles. The molecule has 0 radical (unpaired) electrons. The number of aryl methyl sites for hydroxylation is 1. The zero-order chi connectivity index (χ0) is 17.9. The van der Waals surface area contributed by atoms with Gasteiger partial charge >= 0.3 is 0 Å². The number of carbonyl (C=O) groups is 1. The summed E-state index contributed by atoms with van der Waals surface area (Å²) in [6, 6.07) is 8.01. The van der Waals surface area contributed by atoms with Gasteiger partial charge in [0.1, 0.15) is 15.6 Å². The lowest BCUT2D eigenvalue weighted by molar-refractivity contribution is -0.137. The van der Waals surface area contributed by atoms with E-state index in [0.717, 1.165) is 25.1 Å². The first-order valence-corrected chi connectivity index (χ1v) is 10.9. The molecule has 138 valence electrons. The van der Waals surface area contributed by atoms with Crippen LogP contribution in [0.5, 0.6) is 5.75 Å². The summed E-state index contributed by atoms with van der Waals surface area (Å²) in [6.07, 6.45) is 3.00. The Morgan fingerprint density at radius 3 is 2.52 bits per heavy atom. The van der Waals surface area contributed by atoms with Gasteiger partial charge in [0.15, 0.2) is 0 Å². The van der Waals surface area contributed by atoms with Gasteiger partial charge in [-0.1, -0.05) is 17.7 Å². The zero-order valence-electron chi connectivity index (χ0n) is 14.8. The van der Waals surface area contributed by atoms with Crippen molar-refractivity contribution in [2.45, 2.75) is 32.6 Å². The Labute approximate surface area is 150 Å². The molecule has 0 saturated carbocycles. The molecule has 1 amide bonds. The van der Waals surface area contributed by atoms with E-state index in [1.807, 2.05) is 36.1 Å². The molecular formula is C19H27NO4S. The summed E-state index contributed by atoms with van der Waals surface area (Å²) in [5.41, 5.74) is 1.20. The van der Waals surface area contributed by atoms with Crippen LogP contribution in [0.3, 0.4) is 0 Å². The molecule has 2 heterocycles. The van der Waals surface area contributed by atoms with E-state index in [0.29, 0.717) is 31.9 Å². The normalized spacial score (nSPS) is 24.0. The fourth-order valence-electron chi connectivity index (χ4n) is 3.65. The summed E-state index contributed by atoms with van der Waals surface area (Å²) in [5.74, 6) is 1.52. The van der Waals surface area contributed by atoms with Crippen LogP contribution in [-0.2, 0) is 14.6 Å². The van der Waals surface area contributed by atoms with E-state index in [4.69, 9.17) is 4.74 Å². The van der Waals surface area contributed by atoms with Crippen LogP contribution in [0.1, 0.15) is 31.2 Å². The van der Waals surface area contributed by atoms with E-state index in [-0.39, 0.29) is 23.3 Å². The second-order valence-electron chi connectivity index (χ2n) is 7.34. The number of rotatable bonds is 4. The molecule has 0 aromatic heterocycles. The SMILES string of the molecule is Cc1ccc(OCC2CCCN(C(=O)C3CCS(=O)(=O)CC3)C2)cc1. The van der Waals surface area contributed by atoms with Crippen molar-refractivity contribution in [2.24, 2.45) is 11.8 Å². The fourth-order valence-corrected chi connectivity index (χ4v) is 5.14. The molecule has 0 aliphatic carbocycles. The number of benzene rings is 1. The van der Waals surface area contributed by atoms with Crippen LogP contribution in [0, 0.1) is 18.8 Å². The second kappa shape index (κ2) is 7.77. The summed E-state index contributed by atoms with van der Waals surface area (Å²) in [7, 11) is -2.92. The molecule has 5 nitrogen and oxygen atoms in total. The quantitative estimate of drug-likeness (QED) is 0.822. The lowest BCUT2D eigenvalue weighted by atomic mass is 9.95. The zero-order valence-corrected chi connectivity index (χ0v) is 15.6. The fraction of sp³-hybridized carbons (Fsp3) is 0.632. The molecule has 1 aromatic rings. The molecule has 25 heavy (non-hydrogen) atoms. The van der Waals surface area contributed by atoms with E-state index < -0.39 is 9.84 Å². The number of piperidine rings is 1. The van der Waals surface area contributed by atoms with Gasteiger partial charge in [0, 0.05) is 24.9 Å². The maximum Gasteiger partial charge on any atom is 0.225 e. The highest BCUT2D eigenvalue weighted by Crippen LogP contribution is 2.25. The number of carbonyl (C=O) groups excluding carboxylic acids is 1. The maximum atomic E-state index is 12.7. The summed E-state index contributed by atoms with van der Waals surface area (Å²) < 4.78 is 29.0. The smallest absolute Gasteiger partial charge is 0.225 e. The van der Waals surface area contributed by atoms with Crippen molar-refractivity contribution in [3.8, 4) is 5.75 Å². The minimum Gasteiger partial charge on any atom is -0.493 e. The average molecular weight is 365 g/mol. The lowest BCUT2D eigenvalue weighted by Crippen LogP contribution is -2.45. The summed E-state index contributed by atoms with van der Waals surface area (Å²) in [4.78, 5) is 14.6. The van der Waals surface area contributed by atoms with Gasteiger partial charge in [-0.2, -0.15) is 0 Å². The molecule has 0 bridgehead atoms. The van der Waals surface area contributed by atoms with E-state index in [2.05, 4.69) is 0 Å². The van der Waals surface area contributed by atoms with Crippen LogP contribution >= 0.6 is 0 Å². The highest BCUT2D eigenvalue weighted by atomic mass is 32.2. The highest BCUT2D eigenvalue weighted by molar-refractivity contribution is 7.91. The first kappa shape index (κ1) is 18.2.